The van der Waals surface area contributed by atoms with Crippen molar-refractivity contribution >= 4 is 120 Å². The Hall–Kier alpha value is -2.17. The van der Waals surface area contributed by atoms with Crippen molar-refractivity contribution in [3.63, 3.8) is 0 Å². The van der Waals surface area contributed by atoms with Crippen molar-refractivity contribution in [3.05, 3.63) is 89.3 Å². The number of hydrogen-bond donors (Lipinski definition) is 15. The Bertz CT molecular complexity index is 2650. The number of carboxylic acid groups (broad SMARTS) is 2. The number of nitrogens with zero attached hydrogens (tertiary/aromatic N) is 1. The van der Waals surface area contributed by atoms with Gasteiger partial charge in [0.1, 0.15) is 54.9 Å². The zero-order valence-corrected chi connectivity index (χ0v) is 54.3. The van der Waals surface area contributed by atoms with Crippen LogP contribution < -0.4 is 67.8 Å². The number of ether oxygens (including phenoxy) is 4. The summed E-state index contributed by atoms with van der Waals surface area (Å²) < 4.78 is 24.2. The Morgan fingerprint density at radius 1 is 0.859 bits per heavy atom. The number of aldehydes is 1. The number of benzene rings is 3. The molecular weight excluding hydrogens is 1380 g/mol. The van der Waals surface area contributed by atoms with Crippen molar-refractivity contribution in [2.24, 2.45) is 22.2 Å². The van der Waals surface area contributed by atoms with E-state index in [1.807, 2.05) is 12.1 Å². The fraction of sp³-hybridized carbons (Fsp3) is 0.455. The molecule has 0 unspecified atom stereocenters. The number of aliphatic hydroxyl groups is 7. The second-order valence-electron chi connectivity index (χ2n) is 16.9. The number of amides is 1. The van der Waals surface area contributed by atoms with Crippen LogP contribution in [0.1, 0.15) is 44.9 Å². The fourth-order valence-electron chi connectivity index (χ4n) is 7.93. The van der Waals surface area contributed by atoms with E-state index in [1.165, 1.54) is 30.0 Å². The van der Waals surface area contributed by atoms with Gasteiger partial charge in [-0.25, -0.2) is 9.79 Å². The van der Waals surface area contributed by atoms with Crippen molar-refractivity contribution in [1.29, 1.82) is 5.41 Å². The van der Waals surface area contributed by atoms with Gasteiger partial charge in [0.15, 0.2) is 36.4 Å². The molecule has 3 aromatic rings. The number of anilines is 1. The van der Waals surface area contributed by atoms with Gasteiger partial charge in [0.25, 0.3) is 5.91 Å². The summed E-state index contributed by atoms with van der Waals surface area (Å²) in [5.41, 5.74) is 13.3. The van der Waals surface area contributed by atoms with Crippen LogP contribution in [0.15, 0.2) is 52.4 Å². The van der Waals surface area contributed by atoms with Crippen molar-refractivity contribution in [2.75, 3.05) is 19.0 Å². The van der Waals surface area contributed by atoms with Gasteiger partial charge in [0.05, 0.1) is 71.7 Å². The second-order valence-corrected chi connectivity index (χ2v) is 32.4. The molecule has 422 valence electrons. The smallest absolute Gasteiger partial charge is 0.478 e. The van der Waals surface area contributed by atoms with E-state index >= 15 is 0 Å². The molecule has 25 nitrogen and oxygen atoms in total. The SMILES string of the molecule is CN[C@@H]1[C@H](O[C@H]2[C@H](O[C@H]3[C@H](O)[C@@H](O)[C@H](N=C(N)N)[C@@H](O)[C@@H]3NC(=N)N)O[C@@H](C)[C@]2(O)C=O)O[C@@H](CO)[C@H](O)[C@H]1O.C[CH2][Hg][S]c1ccccc1C(=O)[O-].O=C(O)c1c(Cl)c(Cl)c(Cl)c(Cl)c1C(=O)Nc1cccc(Cl)c1Cl.[Na+]. The molecular formula is C44H53Cl6HgN8NaO17S. The summed E-state index contributed by atoms with van der Waals surface area (Å²) in [6.45, 7) is 2.78. The van der Waals surface area contributed by atoms with Crippen LogP contribution in [0.25, 0.3) is 0 Å². The predicted octanol–water partition coefficient (Wildman–Crippen LogP) is -2.81. The molecule has 0 radical (unpaired) electrons. The van der Waals surface area contributed by atoms with Gasteiger partial charge in [-0.05, 0) is 26.1 Å². The van der Waals surface area contributed by atoms with Crippen LogP contribution >= 0.6 is 77.8 Å². The normalized spacial score (nSPS) is 29.1. The third kappa shape index (κ3) is 16.5. The zero-order valence-electron chi connectivity index (χ0n) is 41.4. The monoisotopic (exact) mass is 1430 g/mol. The van der Waals surface area contributed by atoms with Gasteiger partial charge in [0, 0.05) is 0 Å². The Labute approximate surface area is 512 Å². The summed E-state index contributed by atoms with van der Waals surface area (Å²) in [6.07, 6.45) is -17.3. The molecule has 2 aliphatic heterocycles. The number of likely N-dealkylation sites (N-methyl/N-ethyl adjacent to an activating group) is 1. The third-order valence-electron chi connectivity index (χ3n) is 11.9. The summed E-state index contributed by atoms with van der Waals surface area (Å²) in [4.78, 5) is 51.4. The van der Waals surface area contributed by atoms with Gasteiger partial charge in [-0.1, -0.05) is 75.7 Å². The maximum Gasteiger partial charge on any atom is 1.00 e. The molecule has 1 aliphatic carbocycles. The second kappa shape index (κ2) is 31.5. The van der Waals surface area contributed by atoms with Crippen LogP contribution in [0.5, 0.6) is 0 Å². The molecule has 0 aromatic heterocycles. The first-order valence-corrected chi connectivity index (χ1v) is 36.5. The number of aliphatic hydroxyl groups excluding tert-OH is 6. The molecule has 15 atom stereocenters. The van der Waals surface area contributed by atoms with Crippen LogP contribution in [0, 0.1) is 5.41 Å². The predicted molar refractivity (Wildman–Crippen MR) is 277 cm³/mol. The Morgan fingerprint density at radius 3 is 2.01 bits per heavy atom. The van der Waals surface area contributed by atoms with E-state index in [0.717, 1.165) is 4.90 Å². The molecule has 1 saturated carbocycles. The number of nitrogens with two attached hydrogens (primary N) is 3. The first-order valence-electron chi connectivity index (χ1n) is 22.6. The average Bonchev–Trinajstić information content (AvgIpc) is 3.62. The van der Waals surface area contributed by atoms with E-state index in [9.17, 15) is 65.1 Å². The van der Waals surface area contributed by atoms with E-state index in [4.69, 9.17) is 111 Å². The van der Waals surface area contributed by atoms with Gasteiger partial charge >= 0.3 is 128 Å². The molecule has 18 N–H and O–H groups in total. The topological polar surface area (TPSA) is 440 Å². The molecule has 3 aromatic carbocycles. The largest absolute Gasteiger partial charge is 1.00 e. The first-order chi connectivity index (χ1) is 36.1. The van der Waals surface area contributed by atoms with Crippen molar-refractivity contribution < 1.29 is 137 Å². The summed E-state index contributed by atoms with van der Waals surface area (Å²) in [5, 5.41) is 108. The Kier molecular flexibility index (Phi) is 28.3. The van der Waals surface area contributed by atoms with Crippen molar-refractivity contribution in [3.8, 4) is 0 Å². The average molecular weight is 1430 g/mol. The summed E-state index contributed by atoms with van der Waals surface area (Å²) in [7, 11) is 3.19. The Morgan fingerprint density at radius 2 is 1.47 bits per heavy atom. The molecule has 78 heavy (non-hydrogen) atoms. The van der Waals surface area contributed by atoms with E-state index in [1.54, 1.807) is 26.4 Å². The van der Waals surface area contributed by atoms with Gasteiger partial charge in [-0.15, -0.1) is 0 Å². The number of guanidine groups is 2. The van der Waals surface area contributed by atoms with Crippen LogP contribution in [0.3, 0.4) is 0 Å². The molecule has 6 rings (SSSR count). The molecule has 2 heterocycles. The van der Waals surface area contributed by atoms with Crippen LogP contribution in [0.2, 0.25) is 34.1 Å². The third-order valence-corrected chi connectivity index (χ3v) is 26.5. The molecule has 3 aliphatic rings. The number of carbonyl (C=O) groups excluding carboxylic acids is 3. The van der Waals surface area contributed by atoms with Crippen LogP contribution in [0.4, 0.5) is 5.69 Å². The van der Waals surface area contributed by atoms with Crippen LogP contribution in [-0.2, 0) is 46.8 Å². The minimum atomic E-state index is -2.39. The molecule has 0 spiro atoms. The molecule has 2 saturated heterocycles. The molecule has 34 heteroatoms. The maximum absolute atomic E-state index is 12.5. The number of halogens is 6. The summed E-state index contributed by atoms with van der Waals surface area (Å²) in [6, 6.07) is 7.61. The number of carboxylic acids is 2. The van der Waals surface area contributed by atoms with Gasteiger partial charge < -0.3 is 93.0 Å². The number of carbonyl (C=O) groups is 4. The molecule has 3 fully saturated rings. The summed E-state index contributed by atoms with van der Waals surface area (Å²) in [5.74, 6) is -4.61. The number of hydrogen-bond acceptors (Lipinski definition) is 20. The number of aliphatic imine (C=N–C) groups is 1. The quantitative estimate of drug-likeness (QED) is 0.0172. The van der Waals surface area contributed by atoms with E-state index in [0.29, 0.717) is 5.56 Å². The maximum atomic E-state index is 12.5. The van der Waals surface area contributed by atoms with Gasteiger partial charge in [-0.2, -0.15) is 0 Å². The standard InChI is InChI=1S/C21H39N7O12.C14H5Cl6NO3.C7H6O2S.C2H5.Hg.Na/c1-5-21(36,4-30)16(40-17-9(26-2)13(34)10(31)6(3-29)38-17)18(37-5)39-15-8(28-20(24)25)11(32)7(27-19(22)23)12(33)14(15)35;15-4-2-1-3-5(8(4)16)21-13(22)6-7(14(23)24)10(18)12(20)11(19)9(6)17;8-7(9)5-3-1-2-4-6(5)10;1-2;;/h4-18,26,29,31-36H,3H2,1-2H3,(H4,22,23,27)(H4,24,25,28);1-3H,(H,21,22)(H,23,24);1-4,10H,(H,8,9);1H2,2H3;;/q;;;;2*+1/p-2/t5-,6-,7+,8-,9-,10-,11+,12-,13-,14+,15+,16-,17-,18-,21+;;;;;/m0...../s1. The van der Waals surface area contributed by atoms with E-state index in [2.05, 4.69) is 27.9 Å². The molecule has 0 bridgehead atoms. The zero-order chi connectivity index (χ0) is 58.0. The van der Waals surface area contributed by atoms with Gasteiger partial charge in [0.2, 0.25) is 0 Å². The Balaban J connectivity index is 0.000000354. The summed E-state index contributed by atoms with van der Waals surface area (Å²) >= 11 is 34.6. The first kappa shape index (κ1) is 70.1. The van der Waals surface area contributed by atoms with Gasteiger partial charge in [-0.3, -0.25) is 15.0 Å². The minimum Gasteiger partial charge on any atom is -0.478 e. The molecule has 1 amide bonds. The van der Waals surface area contributed by atoms with Crippen molar-refractivity contribution in [2.45, 2.75) is 114 Å². The van der Waals surface area contributed by atoms with Crippen molar-refractivity contribution in [1.82, 2.24) is 10.6 Å². The van der Waals surface area contributed by atoms with E-state index < -0.39 is 167 Å². The van der Waals surface area contributed by atoms with E-state index in [-0.39, 0.29) is 66.6 Å². The fourth-order valence-corrected chi connectivity index (χ4v) is 18.1. The number of aromatic carboxylic acids is 2. The number of rotatable bonds is 16. The minimum absolute atomic E-state index is 0. The van der Waals surface area contributed by atoms with Crippen LogP contribution in [-0.4, -0.2) is 182 Å². The number of nitrogens with one attached hydrogen (secondary N) is 4.